The molecule has 6 N–H and O–H groups in total. The molecule has 0 saturated carbocycles. The molecule has 1 saturated heterocycles. The Morgan fingerprint density at radius 2 is 1.97 bits per heavy atom. The number of nitrogens with zero attached hydrogens (tertiary/aromatic N) is 3. The van der Waals surface area contributed by atoms with Crippen molar-refractivity contribution < 1.29 is 8.78 Å². The Hall–Kier alpha value is -1.37. The Kier molecular flexibility index (Phi) is 11.5. The highest BCUT2D eigenvalue weighted by atomic mass is 127. The van der Waals surface area contributed by atoms with E-state index >= 15 is 0 Å². The minimum Gasteiger partial charge on any atom is -0.370 e. The number of thioether (sulfide) groups is 1. The van der Waals surface area contributed by atoms with Crippen LogP contribution in [0.25, 0.3) is 0 Å². The van der Waals surface area contributed by atoms with Gasteiger partial charge in [0.25, 0.3) is 0 Å². The summed E-state index contributed by atoms with van der Waals surface area (Å²) in [6, 6.07) is 2.80. The second kappa shape index (κ2) is 14.0. The molecule has 1 aliphatic heterocycles. The van der Waals surface area contributed by atoms with Gasteiger partial charge in [0.05, 0.1) is 5.69 Å². The van der Waals surface area contributed by atoms with E-state index < -0.39 is 3.93 Å². The fraction of sp³-hybridized carbons (Fsp3) is 0.571. The number of nitrogens with two attached hydrogens (primary N) is 3. The van der Waals surface area contributed by atoms with E-state index in [4.69, 9.17) is 28.8 Å². The molecule has 216 valence electrons. The third-order valence-corrected chi connectivity index (χ3v) is 9.05. The smallest absolute Gasteiger partial charge is 0.322 e. The van der Waals surface area contributed by atoms with Gasteiger partial charge in [0.1, 0.15) is 0 Å². The predicted molar refractivity (Wildman–Crippen MR) is 171 cm³/mol. The first-order valence-electron chi connectivity index (χ1n) is 13.3. The molecule has 1 fully saturated rings. The van der Waals surface area contributed by atoms with Crippen LogP contribution in [-0.4, -0.2) is 42.2 Å². The van der Waals surface area contributed by atoms with Crippen LogP contribution in [0.15, 0.2) is 45.3 Å². The Morgan fingerprint density at radius 3 is 2.59 bits per heavy atom. The third kappa shape index (κ3) is 10.8. The van der Waals surface area contributed by atoms with Gasteiger partial charge in [-0.1, -0.05) is 50.6 Å². The molecular formula is C28H40ClF2IN6S. The maximum absolute atomic E-state index is 14.6. The first-order chi connectivity index (χ1) is 18.2. The lowest BCUT2D eigenvalue weighted by Crippen LogP contribution is -2.38. The summed E-state index contributed by atoms with van der Waals surface area (Å²) in [7, 11) is 0. The maximum atomic E-state index is 14.6. The summed E-state index contributed by atoms with van der Waals surface area (Å²) in [6.07, 6.45) is 11.4. The van der Waals surface area contributed by atoms with Gasteiger partial charge in [-0.3, -0.25) is 0 Å². The molecule has 0 amide bonds. The Balaban J connectivity index is 1.60. The average molecular weight is 693 g/mol. The minimum absolute atomic E-state index is 0.0768. The zero-order valence-electron chi connectivity index (χ0n) is 22.9. The van der Waals surface area contributed by atoms with E-state index in [1.54, 1.807) is 0 Å². The monoisotopic (exact) mass is 692 g/mol. The second-order valence-corrected chi connectivity index (χ2v) is 14.4. The lowest BCUT2D eigenvalue weighted by molar-refractivity contribution is 0.126. The van der Waals surface area contributed by atoms with Gasteiger partial charge in [-0.25, -0.2) is 4.99 Å². The fourth-order valence-corrected chi connectivity index (χ4v) is 6.66. The van der Waals surface area contributed by atoms with Crippen molar-refractivity contribution in [1.29, 1.82) is 0 Å². The van der Waals surface area contributed by atoms with Gasteiger partial charge in [-0.15, -0.1) is 11.8 Å². The number of rotatable bonds is 9. The van der Waals surface area contributed by atoms with Crippen molar-refractivity contribution in [3.8, 4) is 0 Å². The highest BCUT2D eigenvalue weighted by molar-refractivity contribution is 14.1. The van der Waals surface area contributed by atoms with E-state index in [1.165, 1.54) is 55.9 Å². The molecule has 2 unspecified atom stereocenters. The molecule has 2 aliphatic rings. The van der Waals surface area contributed by atoms with Crippen LogP contribution in [0.3, 0.4) is 0 Å². The largest absolute Gasteiger partial charge is 0.370 e. The van der Waals surface area contributed by atoms with Crippen LogP contribution in [0, 0.1) is 17.3 Å². The van der Waals surface area contributed by atoms with Gasteiger partial charge in [-0.05, 0) is 80.1 Å². The molecule has 39 heavy (non-hydrogen) atoms. The lowest BCUT2D eigenvalue weighted by Gasteiger charge is -2.34. The van der Waals surface area contributed by atoms with Gasteiger partial charge in [0, 0.05) is 50.4 Å². The van der Waals surface area contributed by atoms with E-state index in [9.17, 15) is 8.78 Å². The quantitative estimate of drug-likeness (QED) is 0.113. The highest BCUT2D eigenvalue weighted by Crippen LogP contribution is 2.43. The molecule has 0 bridgehead atoms. The molecule has 0 spiro atoms. The highest BCUT2D eigenvalue weighted by Gasteiger charge is 2.32. The summed E-state index contributed by atoms with van der Waals surface area (Å²) >= 11 is 9.52. The number of allylic oxidation sites excluding steroid dienone is 3. The molecule has 11 heteroatoms. The van der Waals surface area contributed by atoms with Crippen molar-refractivity contribution in [2.75, 3.05) is 25.4 Å². The van der Waals surface area contributed by atoms with Gasteiger partial charge in [0.2, 0.25) is 5.96 Å². The van der Waals surface area contributed by atoms with Crippen LogP contribution in [0.4, 0.5) is 14.5 Å². The number of hydrogen-bond acceptors (Lipinski definition) is 3. The second-order valence-electron chi connectivity index (χ2n) is 11.6. The van der Waals surface area contributed by atoms with E-state index in [1.807, 2.05) is 11.8 Å². The lowest BCUT2D eigenvalue weighted by atomic mass is 9.90. The summed E-state index contributed by atoms with van der Waals surface area (Å²) in [5, 5.41) is 0.214. The normalized spacial score (nSPS) is 21.1. The van der Waals surface area contributed by atoms with Gasteiger partial charge < -0.3 is 22.1 Å². The first kappa shape index (κ1) is 32.1. The van der Waals surface area contributed by atoms with Crippen LogP contribution in [0.2, 0.25) is 5.02 Å². The molecule has 1 aromatic rings. The van der Waals surface area contributed by atoms with Crippen molar-refractivity contribution in [2.24, 2.45) is 44.4 Å². The minimum atomic E-state index is -3.14. The van der Waals surface area contributed by atoms with Crippen LogP contribution < -0.4 is 17.2 Å². The van der Waals surface area contributed by atoms with E-state index in [2.05, 4.69) is 53.9 Å². The summed E-state index contributed by atoms with van der Waals surface area (Å²) < 4.78 is 26.1. The topological polar surface area (TPSA) is 106 Å². The first-order valence-corrected chi connectivity index (χ1v) is 15.7. The summed E-state index contributed by atoms with van der Waals surface area (Å²) in [4.78, 5) is 11.5. The average Bonchev–Trinajstić information content (AvgIpc) is 2.82. The Morgan fingerprint density at radius 1 is 1.23 bits per heavy atom. The standard InChI is InChI=1S/C28H40ClF2IN6S/c1-27(2,3)10-12-38-11-4-5-19(16-38)17-39-21-8-6-18(7-9-21)13-22-23(28(30,31)32)14-20(15-24(22)29)36-26(35)37-25(33)34/h6,8-9,14-15,18-19H,4-5,7,10-13,16-17H2,1-3H3,(H6,33,34,35,36,37). The fourth-order valence-electron chi connectivity index (χ4n) is 4.80. The van der Waals surface area contributed by atoms with E-state index in [0.29, 0.717) is 23.3 Å². The number of guanidine groups is 2. The molecule has 1 aliphatic carbocycles. The van der Waals surface area contributed by atoms with Crippen LogP contribution in [0.5, 0.6) is 0 Å². The molecule has 6 nitrogen and oxygen atoms in total. The number of benzene rings is 1. The van der Waals surface area contributed by atoms with Crippen molar-refractivity contribution in [3.63, 3.8) is 0 Å². The Bertz CT molecular complexity index is 1120. The number of alkyl halides is 3. The zero-order chi connectivity index (χ0) is 28.8. The van der Waals surface area contributed by atoms with Crippen molar-refractivity contribution in [1.82, 2.24) is 4.90 Å². The van der Waals surface area contributed by atoms with E-state index in [0.717, 1.165) is 34.8 Å². The summed E-state index contributed by atoms with van der Waals surface area (Å²) in [5.41, 5.74) is 17.0. The third-order valence-electron chi connectivity index (χ3n) is 6.86. The van der Waals surface area contributed by atoms with Crippen molar-refractivity contribution >= 4 is 63.6 Å². The van der Waals surface area contributed by atoms with Crippen LogP contribution in [-0.2, 0) is 10.4 Å². The van der Waals surface area contributed by atoms with Gasteiger partial charge >= 0.3 is 3.93 Å². The zero-order valence-corrected chi connectivity index (χ0v) is 26.6. The molecule has 1 heterocycles. The van der Waals surface area contributed by atoms with Crippen molar-refractivity contribution in [2.45, 2.75) is 56.8 Å². The molecule has 3 rings (SSSR count). The summed E-state index contributed by atoms with van der Waals surface area (Å²) in [5.74, 6) is 1.37. The van der Waals surface area contributed by atoms with Gasteiger partial charge in [0.15, 0.2) is 5.96 Å². The summed E-state index contributed by atoms with van der Waals surface area (Å²) in [6.45, 7) is 10.5. The van der Waals surface area contributed by atoms with Crippen LogP contribution >= 0.6 is 46.0 Å². The Labute approximate surface area is 254 Å². The van der Waals surface area contributed by atoms with Crippen LogP contribution in [0.1, 0.15) is 57.6 Å². The van der Waals surface area contributed by atoms with Crippen molar-refractivity contribution in [3.05, 3.63) is 51.4 Å². The molecule has 1 aromatic carbocycles. The molecule has 0 aromatic heterocycles. The van der Waals surface area contributed by atoms with Gasteiger partial charge in [-0.2, -0.15) is 13.8 Å². The number of piperidine rings is 1. The van der Waals surface area contributed by atoms with E-state index in [-0.39, 0.29) is 34.1 Å². The molecule has 2 atom stereocenters. The molecular weight excluding hydrogens is 653 g/mol. The predicted octanol–water partition coefficient (Wildman–Crippen LogP) is 6.93. The molecule has 0 radical (unpaired) electrons. The number of likely N-dealkylation sites (tertiary alicyclic amines) is 1. The number of aliphatic imine (C=N–C) groups is 2. The maximum Gasteiger partial charge on any atom is 0.322 e. The SMILES string of the molecule is CC(C)(C)CCN1CCCC(CSC2=CCC(Cc3c(Cl)cc(N=C(N)N=C(N)N)cc3C(F)(F)I)C=C2)C1. The number of halogens is 4. The number of hydrogen-bond donors (Lipinski definition) is 3.